The summed E-state index contributed by atoms with van der Waals surface area (Å²) in [6, 6.07) is 10.7. The normalized spacial score (nSPS) is 17.3. The van der Waals surface area contributed by atoms with Gasteiger partial charge in [0, 0.05) is 25.2 Å². The molecule has 0 N–H and O–H groups in total. The Morgan fingerprint density at radius 1 is 1.10 bits per heavy atom. The van der Waals surface area contributed by atoms with E-state index in [1.807, 2.05) is 19.9 Å². The van der Waals surface area contributed by atoms with E-state index in [2.05, 4.69) is 15.9 Å². The molecule has 4 rings (SSSR count). The van der Waals surface area contributed by atoms with Gasteiger partial charge >= 0.3 is 5.97 Å². The van der Waals surface area contributed by atoms with Crippen molar-refractivity contribution in [2.24, 2.45) is 4.99 Å². The molecule has 2 aromatic carbocycles. The number of morpholine rings is 1. The third kappa shape index (κ3) is 7.69. The van der Waals surface area contributed by atoms with Crippen molar-refractivity contribution in [1.82, 2.24) is 9.80 Å². The molecule has 2 saturated heterocycles. The van der Waals surface area contributed by atoms with Gasteiger partial charge in [-0.2, -0.15) is 0 Å². The van der Waals surface area contributed by atoms with Crippen LogP contribution in [0.4, 0.5) is 5.69 Å². The van der Waals surface area contributed by atoms with Crippen molar-refractivity contribution in [3.8, 4) is 11.5 Å². The lowest BCUT2D eigenvalue weighted by Crippen LogP contribution is -2.40. The van der Waals surface area contributed by atoms with Crippen molar-refractivity contribution >= 4 is 62.4 Å². The molecule has 0 radical (unpaired) electrons. The number of nitrogens with zero attached hydrogens (tertiary/aromatic N) is 3. The number of halogens is 1. The van der Waals surface area contributed by atoms with Gasteiger partial charge in [-0.15, -0.1) is 0 Å². The van der Waals surface area contributed by atoms with Crippen LogP contribution >= 0.6 is 27.7 Å². The lowest BCUT2D eigenvalue weighted by molar-refractivity contribution is -0.145. The van der Waals surface area contributed by atoms with Gasteiger partial charge in [0.25, 0.3) is 11.8 Å². The number of hydrogen-bond donors (Lipinski definition) is 0. The minimum absolute atomic E-state index is 0.0659. The van der Waals surface area contributed by atoms with Crippen LogP contribution in [0.5, 0.6) is 11.5 Å². The third-order valence-corrected chi connectivity index (χ3v) is 7.69. The smallest absolute Gasteiger partial charge is 0.344 e. The Balaban J connectivity index is 1.57. The summed E-state index contributed by atoms with van der Waals surface area (Å²) >= 11 is 4.76. The third-order valence-electron chi connectivity index (χ3n) is 6.09. The maximum Gasteiger partial charge on any atom is 0.344 e. The minimum Gasteiger partial charge on any atom is -0.490 e. The second kappa shape index (κ2) is 14.5. The largest absolute Gasteiger partial charge is 0.490 e. The highest BCUT2D eigenvalue weighted by Gasteiger charge is 2.32. The fraction of sp³-hybridized carbons (Fsp3) is 0.379. The summed E-state index contributed by atoms with van der Waals surface area (Å²) in [5.74, 6) is 0.0774. The van der Waals surface area contributed by atoms with E-state index in [4.69, 9.17) is 23.9 Å². The fourth-order valence-electron chi connectivity index (χ4n) is 4.20. The molecule has 0 bridgehead atoms. The van der Waals surface area contributed by atoms with E-state index in [-0.39, 0.29) is 25.0 Å². The van der Waals surface area contributed by atoms with Crippen LogP contribution in [0.3, 0.4) is 0 Å². The predicted molar refractivity (Wildman–Crippen MR) is 161 cm³/mol. The zero-order valence-electron chi connectivity index (χ0n) is 23.2. The Hall–Kier alpha value is -3.35. The van der Waals surface area contributed by atoms with E-state index in [0.29, 0.717) is 82.3 Å². The van der Waals surface area contributed by atoms with Crippen LogP contribution in [0.25, 0.3) is 6.08 Å². The molecular formula is C29H32BrN3O7S. The van der Waals surface area contributed by atoms with Crippen molar-refractivity contribution in [3.63, 3.8) is 0 Å². The molecule has 41 heavy (non-hydrogen) atoms. The fourth-order valence-corrected chi connectivity index (χ4v) is 5.83. The van der Waals surface area contributed by atoms with Crippen LogP contribution in [0.2, 0.25) is 0 Å². The van der Waals surface area contributed by atoms with Crippen LogP contribution in [0.1, 0.15) is 36.7 Å². The number of carbonyl (C=O) groups is 3. The van der Waals surface area contributed by atoms with E-state index in [1.54, 1.807) is 53.1 Å². The molecule has 0 aliphatic carbocycles. The summed E-state index contributed by atoms with van der Waals surface area (Å²) < 4.78 is 22.3. The molecule has 0 aromatic heterocycles. The van der Waals surface area contributed by atoms with Crippen molar-refractivity contribution in [1.29, 1.82) is 0 Å². The van der Waals surface area contributed by atoms with E-state index in [9.17, 15) is 14.4 Å². The van der Waals surface area contributed by atoms with Crippen LogP contribution < -0.4 is 9.47 Å². The summed E-state index contributed by atoms with van der Waals surface area (Å²) in [6.07, 6.45) is 1.76. The first-order chi connectivity index (χ1) is 19.8. The summed E-state index contributed by atoms with van der Waals surface area (Å²) in [5.41, 5.74) is 1.83. The Labute approximate surface area is 251 Å². The number of ether oxygens (including phenoxy) is 4. The monoisotopic (exact) mass is 645 g/mol. The topological polar surface area (TPSA) is 107 Å². The molecule has 2 aliphatic heterocycles. The number of likely N-dealkylation sites (N-methyl/N-ethyl adjacent to an activating group) is 1. The molecule has 2 amide bonds. The number of aliphatic imine (C=N–C) groups is 1. The number of rotatable bonds is 10. The van der Waals surface area contributed by atoms with E-state index in [1.165, 1.54) is 11.8 Å². The standard InChI is InChI=1S/C29H32BrN3O7S/c1-4-33-28(36)24(16-19-14-22(30)26(23(15-19)38-5-2)40-18-25(34)39-6-3)41-29(33)31-21-9-7-8-20(17-21)27(35)32-10-12-37-13-11-32/h7-9,14-17H,4-6,10-13,18H2,1-3H3/b24-16+,31-29?. The van der Waals surface area contributed by atoms with Gasteiger partial charge in [0.2, 0.25) is 0 Å². The molecule has 0 saturated carbocycles. The number of thioether (sulfide) groups is 1. The molecule has 2 heterocycles. The number of amidine groups is 1. The van der Waals surface area contributed by atoms with Crippen LogP contribution in [-0.4, -0.2) is 85.4 Å². The average molecular weight is 647 g/mol. The van der Waals surface area contributed by atoms with Crippen molar-refractivity contribution < 1.29 is 33.3 Å². The summed E-state index contributed by atoms with van der Waals surface area (Å²) in [4.78, 5) is 46.6. The highest BCUT2D eigenvalue weighted by atomic mass is 79.9. The predicted octanol–water partition coefficient (Wildman–Crippen LogP) is 4.89. The first-order valence-corrected chi connectivity index (χ1v) is 15.0. The number of amides is 2. The summed E-state index contributed by atoms with van der Waals surface area (Å²) in [7, 11) is 0. The van der Waals surface area contributed by atoms with Gasteiger partial charge in [0.15, 0.2) is 23.3 Å². The molecular weight excluding hydrogens is 614 g/mol. The van der Waals surface area contributed by atoms with E-state index < -0.39 is 5.97 Å². The van der Waals surface area contributed by atoms with Gasteiger partial charge in [-0.3, -0.25) is 14.5 Å². The maximum atomic E-state index is 13.3. The molecule has 2 aliphatic rings. The van der Waals surface area contributed by atoms with Gasteiger partial charge in [0.1, 0.15) is 0 Å². The molecule has 10 nitrogen and oxygen atoms in total. The van der Waals surface area contributed by atoms with Gasteiger partial charge in [-0.25, -0.2) is 9.79 Å². The zero-order valence-corrected chi connectivity index (χ0v) is 25.6. The molecule has 0 spiro atoms. The average Bonchev–Trinajstić information content (AvgIpc) is 3.26. The van der Waals surface area contributed by atoms with Gasteiger partial charge in [-0.1, -0.05) is 6.07 Å². The van der Waals surface area contributed by atoms with Crippen molar-refractivity contribution in [3.05, 3.63) is 56.9 Å². The van der Waals surface area contributed by atoms with Crippen LogP contribution in [-0.2, 0) is 19.1 Å². The molecule has 218 valence electrons. The Morgan fingerprint density at radius 2 is 1.88 bits per heavy atom. The summed E-state index contributed by atoms with van der Waals surface area (Å²) in [5, 5.41) is 0.526. The molecule has 12 heteroatoms. The molecule has 2 aromatic rings. The van der Waals surface area contributed by atoms with E-state index >= 15 is 0 Å². The second-order valence-electron chi connectivity index (χ2n) is 8.87. The Bertz CT molecular complexity index is 1360. The molecule has 0 atom stereocenters. The highest BCUT2D eigenvalue weighted by molar-refractivity contribution is 9.10. The van der Waals surface area contributed by atoms with Gasteiger partial charge in [-0.05, 0) is 90.4 Å². The van der Waals surface area contributed by atoms with E-state index in [0.717, 1.165) is 0 Å². The molecule has 2 fully saturated rings. The lowest BCUT2D eigenvalue weighted by Gasteiger charge is -2.26. The number of esters is 1. The quantitative estimate of drug-likeness (QED) is 0.266. The van der Waals surface area contributed by atoms with Gasteiger partial charge in [0.05, 0.1) is 41.5 Å². The molecule has 0 unspecified atom stereocenters. The van der Waals surface area contributed by atoms with Gasteiger partial charge < -0.3 is 23.8 Å². The highest BCUT2D eigenvalue weighted by Crippen LogP contribution is 2.40. The van der Waals surface area contributed by atoms with Crippen molar-refractivity contribution in [2.45, 2.75) is 20.8 Å². The van der Waals surface area contributed by atoms with Crippen molar-refractivity contribution in [2.75, 3.05) is 52.7 Å². The first kappa shape index (κ1) is 30.6. The SMILES string of the molecule is CCOC(=O)COc1c(Br)cc(/C=C2/SC(=Nc3cccc(C(=O)N4CCOCC4)c3)N(CC)C2=O)cc1OCC. The Morgan fingerprint density at radius 3 is 2.59 bits per heavy atom. The minimum atomic E-state index is -0.483. The Kier molecular flexibility index (Phi) is 10.8. The number of benzene rings is 2. The number of hydrogen-bond acceptors (Lipinski definition) is 9. The second-order valence-corrected chi connectivity index (χ2v) is 10.7. The maximum absolute atomic E-state index is 13.3. The first-order valence-electron chi connectivity index (χ1n) is 13.4. The number of carbonyl (C=O) groups excluding carboxylic acids is 3. The van der Waals surface area contributed by atoms with Crippen LogP contribution in [0, 0.1) is 0 Å². The zero-order chi connectivity index (χ0) is 29.4. The lowest BCUT2D eigenvalue weighted by atomic mass is 10.1. The van der Waals surface area contributed by atoms with Crippen LogP contribution in [0.15, 0.2) is 50.8 Å². The summed E-state index contributed by atoms with van der Waals surface area (Å²) in [6.45, 7) is 8.43.